The quantitative estimate of drug-likeness (QED) is 0.815. The zero-order valence-corrected chi connectivity index (χ0v) is 14.2. The lowest BCUT2D eigenvalue weighted by Crippen LogP contribution is -2.32. The molecule has 1 amide bonds. The molecule has 1 aliphatic carbocycles. The zero-order valence-electron chi connectivity index (χ0n) is 13.4. The van der Waals surface area contributed by atoms with Gasteiger partial charge in [0.15, 0.2) is 0 Å². The van der Waals surface area contributed by atoms with Crippen LogP contribution < -0.4 is 5.32 Å². The van der Waals surface area contributed by atoms with Gasteiger partial charge in [-0.05, 0) is 19.3 Å². The van der Waals surface area contributed by atoms with E-state index in [1.54, 1.807) is 0 Å². The van der Waals surface area contributed by atoms with Crippen molar-refractivity contribution < 1.29 is 14.3 Å². The molecule has 1 N–H and O–H groups in total. The van der Waals surface area contributed by atoms with Crippen LogP contribution in [0.5, 0.6) is 0 Å². The summed E-state index contributed by atoms with van der Waals surface area (Å²) in [6, 6.07) is -0.193. The summed E-state index contributed by atoms with van der Waals surface area (Å²) in [5, 5.41) is 3.72. The molecular formula is C16H24N2O3S. The Hall–Kier alpha value is -1.43. The van der Waals surface area contributed by atoms with E-state index in [-0.39, 0.29) is 17.9 Å². The van der Waals surface area contributed by atoms with Crippen molar-refractivity contribution in [3.05, 3.63) is 16.1 Å². The van der Waals surface area contributed by atoms with Gasteiger partial charge < -0.3 is 10.1 Å². The molecule has 1 fully saturated rings. The highest BCUT2D eigenvalue weighted by atomic mass is 32.1. The van der Waals surface area contributed by atoms with E-state index in [0.29, 0.717) is 10.8 Å². The standard InChI is InChI=1S/C16H24N2O3S/c1-10(8-12-6-4-5-7-12)14(19)18-11(2)15-17-9-13(22-15)16(20)21-3/h9-12H,4-8H2,1-3H3,(H,18,19). The molecule has 122 valence electrons. The zero-order chi connectivity index (χ0) is 16.1. The number of esters is 1. The van der Waals surface area contributed by atoms with Crippen LogP contribution >= 0.6 is 11.3 Å². The number of aromatic nitrogens is 1. The van der Waals surface area contributed by atoms with E-state index in [0.717, 1.165) is 11.4 Å². The molecule has 1 aromatic rings. The fourth-order valence-corrected chi connectivity index (χ4v) is 3.79. The van der Waals surface area contributed by atoms with Gasteiger partial charge in [-0.25, -0.2) is 9.78 Å². The molecule has 1 aliphatic rings. The summed E-state index contributed by atoms with van der Waals surface area (Å²) in [6.45, 7) is 3.88. The molecule has 1 saturated carbocycles. The second-order valence-electron chi connectivity index (χ2n) is 6.07. The van der Waals surface area contributed by atoms with E-state index in [1.165, 1.54) is 50.3 Å². The van der Waals surface area contributed by atoms with Crippen LogP contribution in [0.2, 0.25) is 0 Å². The third kappa shape index (κ3) is 4.29. The third-order valence-corrected chi connectivity index (χ3v) is 5.41. The highest BCUT2D eigenvalue weighted by molar-refractivity contribution is 7.13. The van der Waals surface area contributed by atoms with Gasteiger partial charge in [-0.1, -0.05) is 32.6 Å². The monoisotopic (exact) mass is 324 g/mol. The molecule has 2 unspecified atom stereocenters. The molecule has 0 bridgehead atoms. The van der Waals surface area contributed by atoms with Crippen molar-refractivity contribution in [1.82, 2.24) is 10.3 Å². The van der Waals surface area contributed by atoms with E-state index in [9.17, 15) is 9.59 Å². The fourth-order valence-electron chi connectivity index (χ4n) is 2.95. The van der Waals surface area contributed by atoms with E-state index < -0.39 is 5.97 Å². The predicted octanol–water partition coefficient (Wildman–Crippen LogP) is 3.32. The highest BCUT2D eigenvalue weighted by Crippen LogP contribution is 2.30. The molecular weight excluding hydrogens is 300 g/mol. The minimum Gasteiger partial charge on any atom is -0.465 e. The molecule has 0 spiro atoms. The lowest BCUT2D eigenvalue weighted by molar-refractivity contribution is -0.125. The first kappa shape index (κ1) is 16.9. The largest absolute Gasteiger partial charge is 0.465 e. The Morgan fingerprint density at radius 3 is 2.73 bits per heavy atom. The van der Waals surface area contributed by atoms with Crippen LogP contribution in [0.25, 0.3) is 0 Å². The molecule has 1 heterocycles. The van der Waals surface area contributed by atoms with Gasteiger partial charge in [0, 0.05) is 5.92 Å². The number of thiazole rings is 1. The Labute approximate surface area is 135 Å². The average Bonchev–Trinajstić information content (AvgIpc) is 3.17. The van der Waals surface area contributed by atoms with Crippen LogP contribution in [0.15, 0.2) is 6.20 Å². The maximum atomic E-state index is 12.3. The van der Waals surface area contributed by atoms with Crippen LogP contribution in [0, 0.1) is 11.8 Å². The van der Waals surface area contributed by atoms with Gasteiger partial charge in [-0.2, -0.15) is 0 Å². The Balaban J connectivity index is 1.87. The van der Waals surface area contributed by atoms with Gasteiger partial charge >= 0.3 is 5.97 Å². The van der Waals surface area contributed by atoms with Crippen LogP contribution in [-0.2, 0) is 9.53 Å². The van der Waals surface area contributed by atoms with Crippen LogP contribution in [-0.4, -0.2) is 24.0 Å². The SMILES string of the molecule is COC(=O)c1cnc(C(C)NC(=O)C(C)CC2CCCC2)s1. The van der Waals surface area contributed by atoms with E-state index >= 15 is 0 Å². The maximum Gasteiger partial charge on any atom is 0.349 e. The van der Waals surface area contributed by atoms with Crippen molar-refractivity contribution in [3.63, 3.8) is 0 Å². The Morgan fingerprint density at radius 2 is 2.09 bits per heavy atom. The van der Waals surface area contributed by atoms with Crippen LogP contribution in [0.1, 0.15) is 66.7 Å². The first-order chi connectivity index (χ1) is 10.5. The van der Waals surface area contributed by atoms with Gasteiger partial charge in [0.25, 0.3) is 0 Å². The van der Waals surface area contributed by atoms with Gasteiger partial charge in [0.1, 0.15) is 9.88 Å². The molecule has 0 saturated heterocycles. The van der Waals surface area contributed by atoms with E-state index in [2.05, 4.69) is 15.0 Å². The second-order valence-corrected chi connectivity index (χ2v) is 7.13. The number of nitrogens with zero attached hydrogens (tertiary/aromatic N) is 1. The second kappa shape index (κ2) is 7.72. The maximum absolute atomic E-state index is 12.3. The summed E-state index contributed by atoms with van der Waals surface area (Å²) in [6.07, 6.45) is 7.56. The van der Waals surface area contributed by atoms with E-state index in [1.807, 2.05) is 13.8 Å². The number of methoxy groups -OCH3 is 1. The third-order valence-electron chi connectivity index (χ3n) is 4.25. The minimum atomic E-state index is -0.392. The normalized spacial score (nSPS) is 18.0. The summed E-state index contributed by atoms with van der Waals surface area (Å²) >= 11 is 1.26. The Morgan fingerprint density at radius 1 is 1.41 bits per heavy atom. The lowest BCUT2D eigenvalue weighted by Gasteiger charge is -2.18. The number of ether oxygens (including phenoxy) is 1. The molecule has 2 rings (SSSR count). The van der Waals surface area contributed by atoms with Crippen molar-refractivity contribution >= 4 is 23.2 Å². The number of hydrogen-bond donors (Lipinski definition) is 1. The number of carbonyl (C=O) groups is 2. The number of amides is 1. The fraction of sp³-hybridized carbons (Fsp3) is 0.688. The van der Waals surface area contributed by atoms with Crippen molar-refractivity contribution in [2.75, 3.05) is 7.11 Å². The number of nitrogens with one attached hydrogen (secondary N) is 1. The summed E-state index contributed by atoms with van der Waals surface area (Å²) in [7, 11) is 1.34. The molecule has 0 radical (unpaired) electrons. The first-order valence-electron chi connectivity index (χ1n) is 7.85. The summed E-state index contributed by atoms with van der Waals surface area (Å²) in [5.74, 6) is 0.388. The van der Waals surface area contributed by atoms with Crippen LogP contribution in [0.3, 0.4) is 0 Å². The summed E-state index contributed by atoms with van der Waals surface area (Å²) < 4.78 is 4.67. The van der Waals surface area contributed by atoms with Gasteiger partial charge in [-0.15, -0.1) is 11.3 Å². The topological polar surface area (TPSA) is 68.3 Å². The predicted molar refractivity (Wildman–Crippen MR) is 85.8 cm³/mol. The summed E-state index contributed by atoms with van der Waals surface area (Å²) in [5.41, 5.74) is 0. The van der Waals surface area contributed by atoms with E-state index in [4.69, 9.17) is 0 Å². The minimum absolute atomic E-state index is 0.0191. The smallest absolute Gasteiger partial charge is 0.349 e. The number of rotatable bonds is 6. The van der Waals surface area contributed by atoms with Gasteiger partial charge in [0.2, 0.25) is 5.91 Å². The van der Waals surface area contributed by atoms with Gasteiger partial charge in [0.05, 0.1) is 19.3 Å². The first-order valence-corrected chi connectivity index (χ1v) is 8.67. The average molecular weight is 324 g/mol. The van der Waals surface area contributed by atoms with Crippen molar-refractivity contribution in [2.45, 2.75) is 52.0 Å². The lowest BCUT2D eigenvalue weighted by atomic mass is 9.94. The Kier molecular flexibility index (Phi) is 5.94. The van der Waals surface area contributed by atoms with Crippen molar-refractivity contribution in [3.8, 4) is 0 Å². The molecule has 5 nitrogen and oxygen atoms in total. The van der Waals surface area contributed by atoms with Crippen molar-refractivity contribution in [1.29, 1.82) is 0 Å². The van der Waals surface area contributed by atoms with Crippen LogP contribution in [0.4, 0.5) is 0 Å². The highest BCUT2D eigenvalue weighted by Gasteiger charge is 2.24. The molecule has 1 aromatic heterocycles. The Bertz CT molecular complexity index is 523. The molecule has 2 atom stereocenters. The molecule has 0 aromatic carbocycles. The molecule has 22 heavy (non-hydrogen) atoms. The summed E-state index contributed by atoms with van der Waals surface area (Å²) in [4.78, 5) is 28.4. The number of hydrogen-bond acceptors (Lipinski definition) is 5. The van der Waals surface area contributed by atoms with Gasteiger partial charge in [-0.3, -0.25) is 4.79 Å². The molecule has 6 heteroatoms. The number of carbonyl (C=O) groups excluding carboxylic acids is 2. The van der Waals surface area contributed by atoms with Crippen molar-refractivity contribution in [2.24, 2.45) is 11.8 Å². The molecule has 0 aliphatic heterocycles.